The number of nitrogen functional groups attached to an aromatic ring is 1. The Hall–Kier alpha value is -2.30. The number of benzene rings is 1. The van der Waals surface area contributed by atoms with E-state index in [1.165, 1.54) is 12.1 Å². The molecule has 2 aromatic rings. The molecule has 1 aromatic heterocycles. The molecule has 1 aliphatic carbocycles. The maximum absolute atomic E-state index is 13.2. The highest BCUT2D eigenvalue weighted by Crippen LogP contribution is 2.37. The molecule has 5 heteroatoms. The molecule has 1 fully saturated rings. The van der Waals surface area contributed by atoms with Crippen LogP contribution in [-0.4, -0.2) is 22.4 Å². The molecular weight excluding hydrogens is 269 g/mol. The summed E-state index contributed by atoms with van der Waals surface area (Å²) in [5, 5.41) is 0. The molecule has 0 unspecified atom stereocenters. The van der Waals surface area contributed by atoms with Gasteiger partial charge in [0, 0.05) is 25.8 Å². The minimum atomic E-state index is -0.293. The minimum absolute atomic E-state index is 0.0946. The van der Waals surface area contributed by atoms with Crippen molar-refractivity contribution in [3.05, 3.63) is 53.6 Å². The summed E-state index contributed by atoms with van der Waals surface area (Å²) in [6, 6.07) is 8.39. The number of hydrogen-bond donors (Lipinski definition) is 1. The minimum Gasteiger partial charge on any atom is -0.397 e. The Balaban J connectivity index is 1.78. The van der Waals surface area contributed by atoms with E-state index >= 15 is 0 Å². The normalized spacial score (nSPS) is 14.2. The van der Waals surface area contributed by atoms with E-state index in [4.69, 9.17) is 5.73 Å². The van der Waals surface area contributed by atoms with Crippen molar-refractivity contribution in [2.24, 2.45) is 0 Å². The number of anilines is 1. The van der Waals surface area contributed by atoms with Gasteiger partial charge in [0.1, 0.15) is 11.5 Å². The highest BCUT2D eigenvalue weighted by Gasteiger charge is 2.28. The first-order chi connectivity index (χ1) is 10.0. The average Bonchev–Trinajstić information content (AvgIpc) is 3.21. The lowest BCUT2D eigenvalue weighted by Gasteiger charge is -2.18. The molecular formula is C16H18FN3O. The molecule has 110 valence electrons. The first kappa shape index (κ1) is 13.7. The van der Waals surface area contributed by atoms with Gasteiger partial charge in [0.05, 0.1) is 5.69 Å². The molecule has 0 bridgehead atoms. The lowest BCUT2D eigenvalue weighted by atomic mass is 10.2. The molecule has 1 aliphatic rings. The van der Waals surface area contributed by atoms with Crippen molar-refractivity contribution in [3.8, 4) is 0 Å². The summed E-state index contributed by atoms with van der Waals surface area (Å²) >= 11 is 0. The van der Waals surface area contributed by atoms with Gasteiger partial charge in [-0.3, -0.25) is 4.79 Å². The van der Waals surface area contributed by atoms with Crippen molar-refractivity contribution in [2.45, 2.75) is 25.4 Å². The van der Waals surface area contributed by atoms with Gasteiger partial charge >= 0.3 is 0 Å². The van der Waals surface area contributed by atoms with Crippen LogP contribution in [0.2, 0.25) is 0 Å². The number of nitrogens with zero attached hydrogens (tertiary/aromatic N) is 2. The monoisotopic (exact) mass is 287 g/mol. The van der Waals surface area contributed by atoms with Crippen LogP contribution in [-0.2, 0) is 6.54 Å². The van der Waals surface area contributed by atoms with Crippen LogP contribution in [0.5, 0.6) is 0 Å². The van der Waals surface area contributed by atoms with Gasteiger partial charge in [0.2, 0.25) is 0 Å². The van der Waals surface area contributed by atoms with Crippen LogP contribution in [0.15, 0.2) is 36.5 Å². The average molecular weight is 287 g/mol. The van der Waals surface area contributed by atoms with Gasteiger partial charge in [-0.15, -0.1) is 0 Å². The summed E-state index contributed by atoms with van der Waals surface area (Å²) in [6.45, 7) is 0.367. The number of amides is 1. The molecule has 0 radical (unpaired) electrons. The first-order valence-corrected chi connectivity index (χ1v) is 7.02. The van der Waals surface area contributed by atoms with Gasteiger partial charge in [0.15, 0.2) is 0 Å². The zero-order valence-electron chi connectivity index (χ0n) is 11.9. The number of carbonyl (C=O) groups excluding carboxylic acids is 1. The van der Waals surface area contributed by atoms with E-state index in [2.05, 4.69) is 0 Å². The number of nitrogens with two attached hydrogens (primary N) is 1. The third-order valence-electron chi connectivity index (χ3n) is 3.68. The zero-order valence-corrected chi connectivity index (χ0v) is 11.9. The van der Waals surface area contributed by atoms with Crippen LogP contribution in [0.25, 0.3) is 0 Å². The topological polar surface area (TPSA) is 51.3 Å². The molecule has 21 heavy (non-hydrogen) atoms. The third kappa shape index (κ3) is 2.91. The number of halogens is 1. The smallest absolute Gasteiger partial charge is 0.270 e. The molecule has 4 nitrogen and oxygen atoms in total. The van der Waals surface area contributed by atoms with Crippen molar-refractivity contribution in [2.75, 3.05) is 12.8 Å². The van der Waals surface area contributed by atoms with Crippen molar-refractivity contribution in [1.29, 1.82) is 0 Å². The zero-order chi connectivity index (χ0) is 15.0. The molecule has 1 amide bonds. The fourth-order valence-corrected chi connectivity index (χ4v) is 2.50. The summed E-state index contributed by atoms with van der Waals surface area (Å²) in [7, 11) is 1.72. The second-order valence-corrected chi connectivity index (χ2v) is 5.59. The standard InChI is InChI=1S/C16H18FN3O/c1-19(9-11-3-2-4-12(17)7-11)16(21)15-8-13(18)10-20(15)14-5-6-14/h2-4,7-8,10,14H,5-6,9,18H2,1H3. The highest BCUT2D eigenvalue weighted by molar-refractivity contribution is 5.93. The van der Waals surface area contributed by atoms with Gasteiger partial charge < -0.3 is 15.2 Å². The van der Waals surface area contributed by atoms with Gasteiger partial charge in [-0.1, -0.05) is 12.1 Å². The van der Waals surface area contributed by atoms with Crippen molar-refractivity contribution >= 4 is 11.6 Å². The molecule has 0 spiro atoms. The van der Waals surface area contributed by atoms with Crippen molar-refractivity contribution in [3.63, 3.8) is 0 Å². The number of carbonyl (C=O) groups is 1. The van der Waals surface area contributed by atoms with Crippen LogP contribution >= 0.6 is 0 Å². The van der Waals surface area contributed by atoms with E-state index in [9.17, 15) is 9.18 Å². The number of rotatable bonds is 4. The Morgan fingerprint density at radius 3 is 2.86 bits per heavy atom. The Labute approximate surface area is 123 Å². The Bertz CT molecular complexity index is 676. The first-order valence-electron chi connectivity index (χ1n) is 7.02. The maximum Gasteiger partial charge on any atom is 0.270 e. The van der Waals surface area contributed by atoms with Crippen LogP contribution < -0.4 is 5.73 Å². The molecule has 3 rings (SSSR count). The molecule has 1 aromatic carbocycles. The third-order valence-corrected chi connectivity index (χ3v) is 3.68. The van der Waals surface area contributed by atoms with Crippen LogP contribution in [0.3, 0.4) is 0 Å². The fourth-order valence-electron chi connectivity index (χ4n) is 2.50. The van der Waals surface area contributed by atoms with Crippen molar-refractivity contribution < 1.29 is 9.18 Å². The molecule has 0 saturated heterocycles. The molecule has 1 heterocycles. The predicted molar refractivity (Wildman–Crippen MR) is 79.3 cm³/mol. The molecule has 1 saturated carbocycles. The van der Waals surface area contributed by atoms with E-state index in [0.29, 0.717) is 24.0 Å². The largest absolute Gasteiger partial charge is 0.397 e. The van der Waals surface area contributed by atoms with Crippen LogP contribution in [0.4, 0.5) is 10.1 Å². The Morgan fingerprint density at radius 2 is 2.19 bits per heavy atom. The lowest BCUT2D eigenvalue weighted by Crippen LogP contribution is -2.28. The molecule has 2 N–H and O–H groups in total. The van der Waals surface area contributed by atoms with E-state index in [1.54, 1.807) is 30.1 Å². The van der Waals surface area contributed by atoms with Crippen molar-refractivity contribution in [1.82, 2.24) is 9.47 Å². The summed E-state index contributed by atoms with van der Waals surface area (Å²) < 4.78 is 15.2. The Morgan fingerprint density at radius 1 is 1.43 bits per heavy atom. The number of aromatic nitrogens is 1. The van der Waals surface area contributed by atoms with E-state index in [1.807, 2.05) is 10.8 Å². The van der Waals surface area contributed by atoms with Crippen LogP contribution in [0.1, 0.15) is 34.9 Å². The van der Waals surface area contributed by atoms with E-state index in [0.717, 1.165) is 18.4 Å². The number of hydrogen-bond acceptors (Lipinski definition) is 2. The van der Waals surface area contributed by atoms with E-state index in [-0.39, 0.29) is 11.7 Å². The van der Waals surface area contributed by atoms with Gasteiger partial charge in [-0.05, 0) is 36.6 Å². The highest BCUT2D eigenvalue weighted by atomic mass is 19.1. The fraction of sp³-hybridized carbons (Fsp3) is 0.312. The molecule has 0 atom stereocenters. The second-order valence-electron chi connectivity index (χ2n) is 5.59. The van der Waals surface area contributed by atoms with E-state index < -0.39 is 0 Å². The van der Waals surface area contributed by atoms with Gasteiger partial charge in [-0.2, -0.15) is 0 Å². The van der Waals surface area contributed by atoms with Crippen LogP contribution in [0, 0.1) is 5.82 Å². The SMILES string of the molecule is CN(Cc1cccc(F)c1)C(=O)c1cc(N)cn1C1CC1. The Kier molecular flexibility index (Phi) is 3.41. The lowest BCUT2D eigenvalue weighted by molar-refractivity contribution is 0.0774. The van der Waals surface area contributed by atoms with Gasteiger partial charge in [0.25, 0.3) is 5.91 Å². The summed E-state index contributed by atoms with van der Waals surface area (Å²) in [4.78, 5) is 14.1. The molecule has 0 aliphatic heterocycles. The summed E-state index contributed by atoms with van der Waals surface area (Å²) in [5.74, 6) is -0.387. The second kappa shape index (κ2) is 5.24. The quantitative estimate of drug-likeness (QED) is 0.940. The summed E-state index contributed by atoms with van der Waals surface area (Å²) in [5.41, 5.74) is 7.79. The predicted octanol–water partition coefficient (Wildman–Crippen LogP) is 2.82. The summed E-state index contributed by atoms with van der Waals surface area (Å²) in [6.07, 6.45) is 3.99. The maximum atomic E-state index is 13.2. The van der Waals surface area contributed by atoms with Gasteiger partial charge in [-0.25, -0.2) is 4.39 Å².